The van der Waals surface area contributed by atoms with Gasteiger partial charge in [0.25, 0.3) is 6.47 Å². The summed E-state index contributed by atoms with van der Waals surface area (Å²) >= 11 is 5.37. The number of carbonyl (C=O) groups excluding carboxylic acids is 1. The van der Waals surface area contributed by atoms with Gasteiger partial charge in [-0.3, -0.25) is 14.8 Å². The van der Waals surface area contributed by atoms with Gasteiger partial charge in [0.15, 0.2) is 0 Å². The van der Waals surface area contributed by atoms with Crippen LogP contribution in [-0.2, 0) is 4.79 Å². The number of carboxylic acids is 1. The van der Waals surface area contributed by atoms with Crippen LogP contribution in [0.25, 0.3) is 55.0 Å². The van der Waals surface area contributed by atoms with E-state index in [4.69, 9.17) is 19.7 Å². The van der Waals surface area contributed by atoms with Crippen molar-refractivity contribution in [2.45, 2.75) is 43.7 Å². The summed E-state index contributed by atoms with van der Waals surface area (Å²) in [7, 11) is 0. The molecule has 48 heavy (non-hydrogen) atoms. The first-order valence-corrected chi connectivity index (χ1v) is 18.1. The van der Waals surface area contributed by atoms with E-state index in [9.17, 15) is 14.7 Å². The molecule has 0 fully saturated rings. The Bertz CT molecular complexity index is 2070. The molecule has 0 aromatic carbocycles. The minimum Gasteiger partial charge on any atom is -0.478 e. The van der Waals surface area contributed by atoms with Gasteiger partial charge in [0.1, 0.15) is 5.75 Å². The first-order valence-electron chi connectivity index (χ1n) is 15.5. The van der Waals surface area contributed by atoms with Gasteiger partial charge in [-0.2, -0.15) is 0 Å². The maximum atomic E-state index is 11.6. The first kappa shape index (κ1) is 33.2. The average molecular weight is 693 g/mol. The quantitative estimate of drug-likeness (QED) is 0.0676. The van der Waals surface area contributed by atoms with Gasteiger partial charge in [0.05, 0.1) is 43.9 Å². The van der Waals surface area contributed by atoms with E-state index in [1.165, 1.54) is 58.0 Å². The number of hydrogen-bond acceptors (Lipinski definition) is 10. The molecule has 242 valence electrons. The van der Waals surface area contributed by atoms with Crippen LogP contribution in [0.4, 0.5) is 0 Å². The van der Waals surface area contributed by atoms with Crippen molar-refractivity contribution in [1.29, 1.82) is 0 Å². The lowest BCUT2D eigenvalue weighted by atomic mass is 10.1. The molecule has 0 bridgehead atoms. The molecule has 0 unspecified atom stereocenters. The Balaban J connectivity index is 1.40. The Morgan fingerprint density at radius 3 is 2.12 bits per heavy atom. The van der Waals surface area contributed by atoms with Gasteiger partial charge >= 0.3 is 5.97 Å². The molecule has 0 atom stereocenters. The van der Waals surface area contributed by atoms with E-state index in [0.717, 1.165) is 21.8 Å². The van der Waals surface area contributed by atoms with Crippen LogP contribution >= 0.6 is 34.4 Å². The maximum Gasteiger partial charge on any atom is 0.335 e. The molecular weight excluding hydrogens is 661 g/mol. The molecule has 8 nitrogen and oxygen atoms in total. The molecule has 6 heterocycles. The van der Waals surface area contributed by atoms with Crippen LogP contribution in [0, 0.1) is 6.92 Å². The zero-order valence-electron chi connectivity index (χ0n) is 26.4. The molecule has 0 saturated heterocycles. The number of unbranched alkanes of at least 4 members (excludes halogenated alkanes) is 3. The summed E-state index contributed by atoms with van der Waals surface area (Å²) in [4.78, 5) is 45.3. The van der Waals surface area contributed by atoms with E-state index >= 15 is 0 Å². The smallest absolute Gasteiger partial charge is 0.335 e. The SMILES string of the molecule is CCCCCCSc1ccc(-c2ccnc(-c3cc(-c4ccc(C)s4)cc(-c4cc(OC=O)cc(-c5cc(C(=O)O)ccn5)n4)n3)c2)s1. The number of pyridine rings is 4. The van der Waals surface area contributed by atoms with Crippen molar-refractivity contribution in [3.05, 3.63) is 95.6 Å². The molecule has 0 saturated carbocycles. The average Bonchev–Trinajstić information content (AvgIpc) is 3.77. The van der Waals surface area contributed by atoms with Crippen LogP contribution in [-0.4, -0.2) is 43.2 Å². The fourth-order valence-electron chi connectivity index (χ4n) is 5.10. The molecule has 0 aliphatic heterocycles. The molecular formula is C37H32N4O4S3. The van der Waals surface area contributed by atoms with Crippen molar-refractivity contribution >= 4 is 46.9 Å². The van der Waals surface area contributed by atoms with E-state index in [1.54, 1.807) is 41.0 Å². The molecule has 0 spiro atoms. The second-order valence-corrected chi connectivity index (χ2v) is 14.8. The predicted molar refractivity (Wildman–Crippen MR) is 194 cm³/mol. The van der Waals surface area contributed by atoms with Crippen molar-refractivity contribution in [3.8, 4) is 60.8 Å². The summed E-state index contributed by atoms with van der Waals surface area (Å²) < 4.78 is 6.55. The molecule has 0 aliphatic rings. The van der Waals surface area contributed by atoms with E-state index in [1.807, 2.05) is 30.0 Å². The number of thioether (sulfide) groups is 1. The summed E-state index contributed by atoms with van der Waals surface area (Å²) in [6, 6.07) is 22.6. The second kappa shape index (κ2) is 15.5. The monoisotopic (exact) mass is 692 g/mol. The number of aryl methyl sites for hydroxylation is 1. The van der Waals surface area contributed by atoms with Crippen LogP contribution in [0.2, 0.25) is 0 Å². The minimum absolute atomic E-state index is 0.0647. The maximum absolute atomic E-state index is 11.6. The third-order valence-electron chi connectivity index (χ3n) is 7.50. The Hall–Kier alpha value is -4.71. The van der Waals surface area contributed by atoms with Crippen LogP contribution < -0.4 is 4.74 Å². The highest BCUT2D eigenvalue weighted by atomic mass is 32.2. The number of ether oxygens (including phenoxy) is 1. The molecule has 6 aromatic heterocycles. The van der Waals surface area contributed by atoms with Gasteiger partial charge in [-0.1, -0.05) is 26.2 Å². The van der Waals surface area contributed by atoms with Crippen molar-refractivity contribution < 1.29 is 19.4 Å². The molecule has 6 aromatic rings. The van der Waals surface area contributed by atoms with Crippen LogP contribution in [0.15, 0.2) is 89.4 Å². The van der Waals surface area contributed by atoms with Gasteiger partial charge < -0.3 is 9.84 Å². The zero-order valence-corrected chi connectivity index (χ0v) is 28.8. The third kappa shape index (κ3) is 8.04. The van der Waals surface area contributed by atoms with Crippen molar-refractivity contribution in [3.63, 3.8) is 0 Å². The largest absolute Gasteiger partial charge is 0.478 e. The van der Waals surface area contributed by atoms with E-state index in [2.05, 4.69) is 49.2 Å². The highest BCUT2D eigenvalue weighted by Gasteiger charge is 2.17. The van der Waals surface area contributed by atoms with Gasteiger partial charge in [-0.05, 0) is 90.9 Å². The van der Waals surface area contributed by atoms with Gasteiger partial charge in [0.2, 0.25) is 0 Å². The number of hydrogen-bond donors (Lipinski definition) is 1. The number of rotatable bonds is 14. The first-order chi connectivity index (χ1) is 23.4. The minimum atomic E-state index is -1.08. The zero-order chi connectivity index (χ0) is 33.5. The van der Waals surface area contributed by atoms with Gasteiger partial charge in [-0.15, -0.1) is 34.4 Å². The summed E-state index contributed by atoms with van der Waals surface area (Å²) in [6.45, 7) is 4.63. The molecule has 0 amide bonds. The van der Waals surface area contributed by atoms with Crippen molar-refractivity contribution in [2.75, 3.05) is 5.75 Å². The number of aromatic nitrogens is 4. The van der Waals surface area contributed by atoms with E-state index in [-0.39, 0.29) is 11.3 Å². The number of aromatic carboxylic acids is 1. The molecule has 6 rings (SSSR count). The summed E-state index contributed by atoms with van der Waals surface area (Å²) in [5.41, 5.74) is 5.06. The number of carbonyl (C=O) groups is 2. The van der Waals surface area contributed by atoms with E-state index in [0.29, 0.717) is 40.6 Å². The topological polar surface area (TPSA) is 115 Å². The predicted octanol–water partition coefficient (Wildman–Crippen LogP) is 9.94. The lowest BCUT2D eigenvalue weighted by Gasteiger charge is -2.11. The highest BCUT2D eigenvalue weighted by Crippen LogP contribution is 2.38. The fraction of sp³-hybridized carbons (Fsp3) is 0.189. The molecule has 1 N–H and O–H groups in total. The number of thiophene rings is 2. The lowest BCUT2D eigenvalue weighted by molar-refractivity contribution is -0.120. The normalized spacial score (nSPS) is 11.0. The Morgan fingerprint density at radius 1 is 0.771 bits per heavy atom. The second-order valence-electron chi connectivity index (χ2n) is 11.0. The molecule has 0 aliphatic carbocycles. The van der Waals surface area contributed by atoms with E-state index < -0.39 is 5.97 Å². The fourth-order valence-corrected chi connectivity index (χ4v) is 8.16. The molecule has 0 radical (unpaired) electrons. The number of nitrogens with zero attached hydrogens (tertiary/aromatic N) is 4. The molecule has 11 heteroatoms. The Morgan fingerprint density at radius 2 is 1.42 bits per heavy atom. The summed E-state index contributed by atoms with van der Waals surface area (Å²) in [6.07, 6.45) is 8.24. The summed E-state index contributed by atoms with van der Waals surface area (Å²) in [5, 5.41) is 9.53. The third-order valence-corrected chi connectivity index (χ3v) is 11.0. The highest BCUT2D eigenvalue weighted by molar-refractivity contribution is 8.01. The Labute approximate surface area is 291 Å². The van der Waals surface area contributed by atoms with Gasteiger partial charge in [-0.25, -0.2) is 14.8 Å². The van der Waals surface area contributed by atoms with Crippen LogP contribution in [0.3, 0.4) is 0 Å². The Kier molecular flexibility index (Phi) is 10.7. The summed E-state index contributed by atoms with van der Waals surface area (Å²) in [5.74, 6) is 0.267. The van der Waals surface area contributed by atoms with Crippen molar-refractivity contribution in [2.24, 2.45) is 0 Å². The lowest BCUT2D eigenvalue weighted by Crippen LogP contribution is -2.00. The van der Waals surface area contributed by atoms with Crippen molar-refractivity contribution in [1.82, 2.24) is 19.9 Å². The standard InChI is InChI=1S/C37H32N4O4S3/c1-3-4-5-6-15-46-36-10-9-34(48-36)24-11-13-38-28(16-24)30-18-26(35-8-7-23(2)47-35)19-31(40-30)33-21-27(45-22-42)20-32(41-33)29-17-25(37(43)44)12-14-39-29/h7-14,16-22H,3-6,15H2,1-2H3,(H,43,44). The van der Waals surface area contributed by atoms with Crippen LogP contribution in [0.1, 0.15) is 47.8 Å². The van der Waals surface area contributed by atoms with Crippen LogP contribution in [0.5, 0.6) is 5.75 Å². The number of carboxylic acid groups (broad SMARTS) is 1. The van der Waals surface area contributed by atoms with Gasteiger partial charge in [0, 0.05) is 39.2 Å².